The van der Waals surface area contributed by atoms with Crippen LogP contribution in [0.3, 0.4) is 0 Å². The van der Waals surface area contributed by atoms with Crippen molar-refractivity contribution in [1.82, 2.24) is 0 Å². The van der Waals surface area contributed by atoms with Crippen molar-refractivity contribution < 1.29 is 4.79 Å². The van der Waals surface area contributed by atoms with Gasteiger partial charge in [-0.05, 0) is 30.0 Å². The molecule has 0 radical (unpaired) electrons. The Balaban J connectivity index is 2.80. The molecule has 1 aromatic carbocycles. The second-order valence-corrected chi connectivity index (χ2v) is 5.04. The second-order valence-electron chi connectivity index (χ2n) is 5.04. The van der Waals surface area contributed by atoms with Gasteiger partial charge in [0.25, 0.3) is 5.91 Å². The third-order valence-corrected chi connectivity index (χ3v) is 3.05. The van der Waals surface area contributed by atoms with Crippen LogP contribution < -0.4 is 16.8 Å². The largest absolute Gasteiger partial charge is 0.398 e. The molecule has 0 saturated heterocycles. The van der Waals surface area contributed by atoms with E-state index in [1.165, 1.54) is 0 Å². The molecule has 0 aromatic heterocycles. The zero-order chi connectivity index (χ0) is 13.1. The predicted octanol–water partition coefficient (Wildman–Crippen LogP) is 2.22. The van der Waals surface area contributed by atoms with Crippen molar-refractivity contribution in [2.24, 2.45) is 11.1 Å². The quantitative estimate of drug-likeness (QED) is 0.684. The van der Waals surface area contributed by atoms with E-state index in [0.717, 1.165) is 18.7 Å². The molecule has 0 atom stereocenters. The standard InChI is InChI=1S/C13H21N3O/c1-4-13(2,3)8-16-9-5-6-11(14)10(7-9)12(15)17/h5-7,16H,4,8,14H2,1-3H3,(H2,15,17). The highest BCUT2D eigenvalue weighted by Crippen LogP contribution is 2.22. The number of hydrogen-bond acceptors (Lipinski definition) is 3. The SMILES string of the molecule is CCC(C)(C)CNc1ccc(N)c(C(N)=O)c1. The summed E-state index contributed by atoms with van der Waals surface area (Å²) in [5.41, 5.74) is 12.8. The summed E-state index contributed by atoms with van der Waals surface area (Å²) in [5.74, 6) is -0.499. The molecule has 0 aliphatic rings. The number of nitrogens with one attached hydrogen (secondary N) is 1. The van der Waals surface area contributed by atoms with Crippen molar-refractivity contribution in [3.63, 3.8) is 0 Å². The lowest BCUT2D eigenvalue weighted by molar-refractivity contribution is 0.100. The van der Waals surface area contributed by atoms with Crippen molar-refractivity contribution in [2.45, 2.75) is 27.2 Å². The molecule has 0 spiro atoms. The van der Waals surface area contributed by atoms with E-state index in [9.17, 15) is 4.79 Å². The molecule has 0 bridgehead atoms. The van der Waals surface area contributed by atoms with Gasteiger partial charge in [0.1, 0.15) is 0 Å². The summed E-state index contributed by atoms with van der Waals surface area (Å²) in [6.07, 6.45) is 1.08. The molecular weight excluding hydrogens is 214 g/mol. The van der Waals surface area contributed by atoms with Gasteiger partial charge in [0, 0.05) is 17.9 Å². The lowest BCUT2D eigenvalue weighted by Gasteiger charge is -2.23. The number of rotatable bonds is 5. The van der Waals surface area contributed by atoms with Crippen LogP contribution >= 0.6 is 0 Å². The molecule has 0 unspecified atom stereocenters. The first-order valence-corrected chi connectivity index (χ1v) is 5.79. The fraction of sp³-hybridized carbons (Fsp3) is 0.462. The van der Waals surface area contributed by atoms with Gasteiger partial charge in [-0.3, -0.25) is 4.79 Å². The van der Waals surface area contributed by atoms with E-state index in [2.05, 4.69) is 26.1 Å². The smallest absolute Gasteiger partial charge is 0.250 e. The first kappa shape index (κ1) is 13.4. The Labute approximate surface area is 102 Å². The average molecular weight is 235 g/mol. The molecule has 1 amide bonds. The Morgan fingerprint density at radius 3 is 2.59 bits per heavy atom. The molecule has 0 aliphatic heterocycles. The molecule has 0 aliphatic carbocycles. The maximum absolute atomic E-state index is 11.1. The number of carbonyl (C=O) groups excluding carboxylic acids is 1. The van der Waals surface area contributed by atoms with Crippen molar-refractivity contribution in [3.05, 3.63) is 23.8 Å². The molecule has 4 heteroatoms. The highest BCUT2D eigenvalue weighted by molar-refractivity contribution is 5.98. The Morgan fingerprint density at radius 1 is 1.41 bits per heavy atom. The third kappa shape index (κ3) is 3.66. The van der Waals surface area contributed by atoms with Gasteiger partial charge >= 0.3 is 0 Å². The minimum atomic E-state index is -0.499. The molecule has 94 valence electrons. The lowest BCUT2D eigenvalue weighted by atomic mass is 9.90. The third-order valence-electron chi connectivity index (χ3n) is 3.05. The molecule has 17 heavy (non-hydrogen) atoms. The first-order valence-electron chi connectivity index (χ1n) is 5.79. The minimum Gasteiger partial charge on any atom is -0.398 e. The van der Waals surface area contributed by atoms with Crippen LogP contribution in [-0.4, -0.2) is 12.5 Å². The number of anilines is 2. The summed E-state index contributed by atoms with van der Waals surface area (Å²) in [5, 5.41) is 3.30. The van der Waals surface area contributed by atoms with Crippen LogP contribution in [0.2, 0.25) is 0 Å². The normalized spacial score (nSPS) is 11.2. The van der Waals surface area contributed by atoms with E-state index < -0.39 is 5.91 Å². The lowest BCUT2D eigenvalue weighted by Crippen LogP contribution is -2.22. The first-order chi connectivity index (χ1) is 7.85. The fourth-order valence-corrected chi connectivity index (χ4v) is 1.35. The van der Waals surface area contributed by atoms with Crippen molar-refractivity contribution >= 4 is 17.3 Å². The Morgan fingerprint density at radius 2 is 2.06 bits per heavy atom. The number of nitrogens with two attached hydrogens (primary N) is 2. The van der Waals surface area contributed by atoms with Crippen LogP contribution in [0.5, 0.6) is 0 Å². The van der Waals surface area contributed by atoms with Gasteiger partial charge in [-0.15, -0.1) is 0 Å². The summed E-state index contributed by atoms with van der Waals surface area (Å²) >= 11 is 0. The summed E-state index contributed by atoms with van der Waals surface area (Å²) in [6, 6.07) is 5.25. The molecule has 1 aromatic rings. The zero-order valence-electron chi connectivity index (χ0n) is 10.7. The van der Waals surface area contributed by atoms with E-state index in [0.29, 0.717) is 11.3 Å². The van der Waals surface area contributed by atoms with E-state index in [1.807, 2.05) is 6.07 Å². The van der Waals surface area contributed by atoms with Crippen molar-refractivity contribution in [1.29, 1.82) is 0 Å². The van der Waals surface area contributed by atoms with Gasteiger partial charge in [-0.25, -0.2) is 0 Å². The second kappa shape index (κ2) is 5.08. The van der Waals surface area contributed by atoms with E-state index >= 15 is 0 Å². The molecule has 0 heterocycles. The van der Waals surface area contributed by atoms with E-state index in [1.54, 1.807) is 12.1 Å². The Kier molecular flexibility index (Phi) is 3.99. The molecule has 5 N–H and O–H groups in total. The van der Waals surface area contributed by atoms with Gasteiger partial charge in [-0.1, -0.05) is 20.8 Å². The molecule has 1 rings (SSSR count). The number of nitrogen functional groups attached to an aromatic ring is 1. The van der Waals surface area contributed by atoms with Crippen LogP contribution in [0.1, 0.15) is 37.6 Å². The number of hydrogen-bond donors (Lipinski definition) is 3. The number of amides is 1. The fourth-order valence-electron chi connectivity index (χ4n) is 1.35. The maximum Gasteiger partial charge on any atom is 0.250 e. The topological polar surface area (TPSA) is 81.1 Å². The highest BCUT2D eigenvalue weighted by Gasteiger charge is 2.15. The summed E-state index contributed by atoms with van der Waals surface area (Å²) in [4.78, 5) is 11.1. The number of carbonyl (C=O) groups is 1. The highest BCUT2D eigenvalue weighted by atomic mass is 16.1. The van der Waals surface area contributed by atoms with Gasteiger partial charge < -0.3 is 16.8 Å². The molecule has 4 nitrogen and oxygen atoms in total. The van der Waals surface area contributed by atoms with Gasteiger partial charge in [0.2, 0.25) is 0 Å². The van der Waals surface area contributed by atoms with E-state index in [-0.39, 0.29) is 5.41 Å². The molecular formula is C13H21N3O. The van der Waals surface area contributed by atoms with Crippen LogP contribution in [0.4, 0.5) is 11.4 Å². The van der Waals surface area contributed by atoms with Gasteiger partial charge in [0.05, 0.1) is 5.56 Å². The predicted molar refractivity (Wildman–Crippen MR) is 71.9 cm³/mol. The van der Waals surface area contributed by atoms with Crippen LogP contribution in [-0.2, 0) is 0 Å². The molecule has 0 saturated carbocycles. The Bertz CT molecular complexity index is 413. The van der Waals surface area contributed by atoms with Crippen molar-refractivity contribution in [3.8, 4) is 0 Å². The summed E-state index contributed by atoms with van der Waals surface area (Å²) < 4.78 is 0. The van der Waals surface area contributed by atoms with Crippen molar-refractivity contribution in [2.75, 3.05) is 17.6 Å². The average Bonchev–Trinajstić information content (AvgIpc) is 2.27. The van der Waals surface area contributed by atoms with Crippen LogP contribution in [0, 0.1) is 5.41 Å². The number of primary amides is 1. The van der Waals surface area contributed by atoms with Crippen LogP contribution in [0.25, 0.3) is 0 Å². The number of benzene rings is 1. The Hall–Kier alpha value is -1.71. The minimum absolute atomic E-state index is 0.217. The van der Waals surface area contributed by atoms with Gasteiger partial charge in [0.15, 0.2) is 0 Å². The monoisotopic (exact) mass is 235 g/mol. The van der Waals surface area contributed by atoms with Gasteiger partial charge in [-0.2, -0.15) is 0 Å². The van der Waals surface area contributed by atoms with Crippen LogP contribution in [0.15, 0.2) is 18.2 Å². The zero-order valence-corrected chi connectivity index (χ0v) is 10.7. The maximum atomic E-state index is 11.1. The summed E-state index contributed by atoms with van der Waals surface area (Å²) in [6.45, 7) is 7.36. The molecule has 0 fully saturated rings. The summed E-state index contributed by atoms with van der Waals surface area (Å²) in [7, 11) is 0. The van der Waals surface area contributed by atoms with E-state index in [4.69, 9.17) is 11.5 Å².